The van der Waals surface area contributed by atoms with Gasteiger partial charge in [-0.05, 0) is 25.0 Å². The summed E-state index contributed by atoms with van der Waals surface area (Å²) in [4.78, 5) is 0. The highest BCUT2D eigenvalue weighted by atomic mass is 16.7. The number of nitrogens with one attached hydrogen (secondary N) is 1. The summed E-state index contributed by atoms with van der Waals surface area (Å²) in [5.74, 6) is 1.56. The lowest BCUT2D eigenvalue weighted by molar-refractivity contribution is 0.0786. The fraction of sp³-hybridized carbons (Fsp3) is 0.455. The monoisotopic (exact) mass is 207 g/mol. The van der Waals surface area contributed by atoms with Gasteiger partial charge in [0.2, 0.25) is 6.79 Å². The third kappa shape index (κ3) is 1.51. The Balaban J connectivity index is 1.75. The van der Waals surface area contributed by atoms with Crippen LogP contribution in [0.3, 0.4) is 0 Å². The minimum absolute atomic E-state index is 0.186. The smallest absolute Gasteiger partial charge is 0.231 e. The zero-order valence-corrected chi connectivity index (χ0v) is 8.27. The molecule has 1 aromatic carbocycles. The molecule has 80 valence electrons. The molecular weight excluding hydrogens is 194 g/mol. The van der Waals surface area contributed by atoms with E-state index in [0.717, 1.165) is 30.0 Å². The molecule has 2 atom stereocenters. The van der Waals surface area contributed by atoms with E-state index in [9.17, 15) is 5.11 Å². The molecular formula is C11H13NO3. The van der Waals surface area contributed by atoms with Gasteiger partial charge in [0.25, 0.3) is 0 Å². The average molecular weight is 207 g/mol. The number of aliphatic hydroxyl groups is 1. The number of anilines is 1. The van der Waals surface area contributed by atoms with Crippen molar-refractivity contribution >= 4 is 5.69 Å². The second kappa shape index (κ2) is 3.31. The molecule has 2 aliphatic rings. The van der Waals surface area contributed by atoms with Gasteiger partial charge in [0.05, 0.1) is 12.1 Å². The fourth-order valence-electron chi connectivity index (χ4n) is 1.85. The van der Waals surface area contributed by atoms with Gasteiger partial charge in [-0.2, -0.15) is 0 Å². The normalized spacial score (nSPS) is 27.3. The van der Waals surface area contributed by atoms with Gasteiger partial charge in [0, 0.05) is 11.8 Å². The Morgan fingerprint density at radius 2 is 2.07 bits per heavy atom. The predicted molar refractivity (Wildman–Crippen MR) is 55.2 cm³/mol. The van der Waals surface area contributed by atoms with E-state index in [0.29, 0.717) is 6.79 Å². The number of ether oxygens (including phenoxy) is 2. The molecule has 1 heterocycles. The van der Waals surface area contributed by atoms with Crippen LogP contribution < -0.4 is 14.8 Å². The quantitative estimate of drug-likeness (QED) is 0.768. The molecule has 4 nitrogen and oxygen atoms in total. The van der Waals surface area contributed by atoms with Crippen molar-refractivity contribution in [2.24, 2.45) is 0 Å². The third-order valence-electron chi connectivity index (χ3n) is 2.96. The topological polar surface area (TPSA) is 50.7 Å². The number of fused-ring (bicyclic) bond motifs is 1. The minimum Gasteiger partial charge on any atom is -0.454 e. The standard InChI is InChI=1S/C11H13NO3/c13-9-3-2-8(9)12-7-1-4-10-11(5-7)15-6-14-10/h1,4-5,8-9,12-13H,2-3,6H2/t8-,9-/m1/s1. The Kier molecular flexibility index (Phi) is 1.95. The van der Waals surface area contributed by atoms with Gasteiger partial charge in [-0.3, -0.25) is 0 Å². The highest BCUT2D eigenvalue weighted by Crippen LogP contribution is 2.35. The van der Waals surface area contributed by atoms with Crippen LogP contribution in [0, 0.1) is 0 Å². The minimum atomic E-state index is -0.213. The molecule has 1 saturated carbocycles. The van der Waals surface area contributed by atoms with E-state index in [1.165, 1.54) is 0 Å². The maximum Gasteiger partial charge on any atom is 0.231 e. The van der Waals surface area contributed by atoms with Crippen LogP contribution in [0.15, 0.2) is 18.2 Å². The van der Waals surface area contributed by atoms with Crippen LogP contribution in [0.25, 0.3) is 0 Å². The van der Waals surface area contributed by atoms with Crippen LogP contribution in [-0.4, -0.2) is 24.0 Å². The summed E-state index contributed by atoms with van der Waals surface area (Å²) < 4.78 is 10.5. The maximum atomic E-state index is 9.44. The van der Waals surface area contributed by atoms with E-state index >= 15 is 0 Å². The second-order valence-corrected chi connectivity index (χ2v) is 3.96. The van der Waals surface area contributed by atoms with Gasteiger partial charge < -0.3 is 19.9 Å². The summed E-state index contributed by atoms with van der Waals surface area (Å²) >= 11 is 0. The molecule has 0 saturated heterocycles. The molecule has 0 spiro atoms. The molecule has 15 heavy (non-hydrogen) atoms. The lowest BCUT2D eigenvalue weighted by Gasteiger charge is -2.33. The van der Waals surface area contributed by atoms with Gasteiger partial charge in [-0.25, -0.2) is 0 Å². The van der Waals surface area contributed by atoms with Crippen molar-refractivity contribution in [3.8, 4) is 11.5 Å². The molecule has 0 amide bonds. The Labute approximate surface area is 87.8 Å². The van der Waals surface area contributed by atoms with E-state index in [4.69, 9.17) is 9.47 Å². The van der Waals surface area contributed by atoms with Gasteiger partial charge in [-0.15, -0.1) is 0 Å². The number of rotatable bonds is 2. The van der Waals surface area contributed by atoms with E-state index in [2.05, 4.69) is 5.32 Å². The first-order valence-electron chi connectivity index (χ1n) is 5.17. The predicted octanol–water partition coefficient (Wildman–Crippen LogP) is 1.35. The first-order chi connectivity index (χ1) is 7.33. The summed E-state index contributed by atoms with van der Waals surface area (Å²) in [6, 6.07) is 5.92. The van der Waals surface area contributed by atoms with Crippen molar-refractivity contribution in [1.29, 1.82) is 0 Å². The van der Waals surface area contributed by atoms with E-state index in [1.807, 2.05) is 18.2 Å². The van der Waals surface area contributed by atoms with Crippen molar-refractivity contribution in [2.75, 3.05) is 12.1 Å². The van der Waals surface area contributed by atoms with E-state index in [-0.39, 0.29) is 12.1 Å². The van der Waals surface area contributed by atoms with E-state index in [1.54, 1.807) is 0 Å². The second-order valence-electron chi connectivity index (χ2n) is 3.96. The molecule has 3 rings (SSSR count). The average Bonchev–Trinajstić information content (AvgIpc) is 2.71. The summed E-state index contributed by atoms with van der Waals surface area (Å²) in [7, 11) is 0. The molecule has 0 bridgehead atoms. The molecule has 1 aliphatic heterocycles. The summed E-state index contributed by atoms with van der Waals surface area (Å²) in [6.07, 6.45) is 1.70. The molecule has 0 aromatic heterocycles. The van der Waals surface area contributed by atoms with Crippen LogP contribution in [0.5, 0.6) is 11.5 Å². The Bertz CT molecular complexity index is 380. The molecule has 1 aromatic rings. The van der Waals surface area contributed by atoms with Gasteiger partial charge in [0.15, 0.2) is 11.5 Å². The Morgan fingerprint density at radius 1 is 1.20 bits per heavy atom. The zero-order valence-electron chi connectivity index (χ0n) is 8.27. The summed E-state index contributed by atoms with van der Waals surface area (Å²) in [6.45, 7) is 0.296. The van der Waals surface area contributed by atoms with Crippen LogP contribution in [-0.2, 0) is 0 Å². The zero-order chi connectivity index (χ0) is 10.3. The maximum absolute atomic E-state index is 9.44. The van der Waals surface area contributed by atoms with E-state index < -0.39 is 0 Å². The molecule has 1 aliphatic carbocycles. The largest absolute Gasteiger partial charge is 0.454 e. The Morgan fingerprint density at radius 3 is 2.80 bits per heavy atom. The number of hydrogen-bond donors (Lipinski definition) is 2. The fourth-order valence-corrected chi connectivity index (χ4v) is 1.85. The molecule has 0 unspecified atom stereocenters. The Hall–Kier alpha value is -1.42. The van der Waals surface area contributed by atoms with Crippen molar-refractivity contribution < 1.29 is 14.6 Å². The van der Waals surface area contributed by atoms with Crippen molar-refractivity contribution in [2.45, 2.75) is 25.0 Å². The van der Waals surface area contributed by atoms with Crippen molar-refractivity contribution in [3.63, 3.8) is 0 Å². The van der Waals surface area contributed by atoms with Crippen LogP contribution in [0.2, 0.25) is 0 Å². The van der Waals surface area contributed by atoms with Gasteiger partial charge in [0.1, 0.15) is 0 Å². The SMILES string of the molecule is O[C@@H]1CC[C@H]1Nc1ccc2c(c1)OCO2. The number of hydrogen-bond acceptors (Lipinski definition) is 4. The lowest BCUT2D eigenvalue weighted by atomic mass is 9.89. The summed E-state index contributed by atoms with van der Waals surface area (Å²) in [5.41, 5.74) is 0.975. The highest BCUT2D eigenvalue weighted by molar-refractivity contribution is 5.56. The lowest BCUT2D eigenvalue weighted by Crippen LogP contribution is -2.42. The molecule has 0 radical (unpaired) electrons. The number of benzene rings is 1. The van der Waals surface area contributed by atoms with Gasteiger partial charge >= 0.3 is 0 Å². The first kappa shape index (κ1) is 8.85. The van der Waals surface area contributed by atoms with Crippen molar-refractivity contribution in [3.05, 3.63) is 18.2 Å². The first-order valence-corrected chi connectivity index (χ1v) is 5.17. The summed E-state index contributed by atoms with van der Waals surface area (Å²) in [5, 5.41) is 12.7. The number of aliphatic hydroxyl groups excluding tert-OH is 1. The third-order valence-corrected chi connectivity index (χ3v) is 2.96. The van der Waals surface area contributed by atoms with Crippen molar-refractivity contribution in [1.82, 2.24) is 0 Å². The van der Waals surface area contributed by atoms with Crippen LogP contribution in [0.4, 0.5) is 5.69 Å². The van der Waals surface area contributed by atoms with Crippen LogP contribution >= 0.6 is 0 Å². The molecule has 4 heteroatoms. The molecule has 1 fully saturated rings. The molecule has 2 N–H and O–H groups in total. The van der Waals surface area contributed by atoms with Crippen LogP contribution in [0.1, 0.15) is 12.8 Å². The van der Waals surface area contributed by atoms with Gasteiger partial charge in [-0.1, -0.05) is 0 Å². The highest BCUT2D eigenvalue weighted by Gasteiger charge is 2.28.